The van der Waals surface area contributed by atoms with E-state index in [-0.39, 0.29) is 11.9 Å². The van der Waals surface area contributed by atoms with Gasteiger partial charge in [-0.15, -0.1) is 0 Å². The summed E-state index contributed by atoms with van der Waals surface area (Å²) in [5, 5.41) is 3.59. The van der Waals surface area contributed by atoms with E-state index in [1.165, 1.54) is 5.56 Å². The molecule has 2 aromatic carbocycles. The molecule has 2 aromatic rings. The van der Waals surface area contributed by atoms with Crippen molar-refractivity contribution in [1.82, 2.24) is 5.32 Å². The minimum Gasteiger partial charge on any atom is -0.481 e. The lowest BCUT2D eigenvalue weighted by Gasteiger charge is -2.21. The molecule has 1 N–H and O–H groups in total. The fourth-order valence-corrected chi connectivity index (χ4v) is 2.45. The van der Waals surface area contributed by atoms with Gasteiger partial charge in [-0.3, -0.25) is 4.79 Å². The van der Waals surface area contributed by atoms with Crippen LogP contribution in [0.3, 0.4) is 0 Å². The number of aryl methyl sites for hydroxylation is 1. The van der Waals surface area contributed by atoms with Crippen molar-refractivity contribution in [3.05, 3.63) is 64.7 Å². The summed E-state index contributed by atoms with van der Waals surface area (Å²) in [6.07, 6.45) is 0.0419. The molecule has 0 bridgehead atoms. The van der Waals surface area contributed by atoms with Gasteiger partial charge in [-0.05, 0) is 44.0 Å². The Balaban J connectivity index is 2.00. The summed E-state index contributed by atoms with van der Waals surface area (Å²) >= 11 is 5.95. The molecule has 0 aliphatic carbocycles. The first kappa shape index (κ1) is 17.4. The number of carbonyl (C=O) groups excluding carboxylic acids is 1. The number of nitrogens with one attached hydrogen (secondary N) is 1. The summed E-state index contributed by atoms with van der Waals surface area (Å²) in [4.78, 5) is 12.4. The molecule has 0 saturated carbocycles. The Morgan fingerprint density at radius 1 is 1.22 bits per heavy atom. The SMILES string of the molecule is CC[C@@H](Oc1cccc(Cl)c1)C(=O)N[C@H](C)c1ccc(C)cc1. The standard InChI is InChI=1S/C19H22ClNO2/c1-4-18(23-17-7-5-6-16(20)12-17)19(22)21-14(3)15-10-8-13(2)9-11-15/h5-12,14,18H,4H2,1-3H3,(H,21,22)/t14-,18-/m1/s1. The number of hydrogen-bond acceptors (Lipinski definition) is 2. The third kappa shape index (κ3) is 5.00. The monoisotopic (exact) mass is 331 g/mol. The summed E-state index contributed by atoms with van der Waals surface area (Å²) in [6, 6.07) is 15.1. The molecular weight excluding hydrogens is 310 g/mol. The van der Waals surface area contributed by atoms with Crippen molar-refractivity contribution >= 4 is 17.5 Å². The van der Waals surface area contributed by atoms with E-state index in [1.54, 1.807) is 24.3 Å². The van der Waals surface area contributed by atoms with E-state index in [0.29, 0.717) is 17.2 Å². The van der Waals surface area contributed by atoms with Gasteiger partial charge in [0.05, 0.1) is 6.04 Å². The van der Waals surface area contributed by atoms with Crippen LogP contribution in [0.25, 0.3) is 0 Å². The molecule has 23 heavy (non-hydrogen) atoms. The molecule has 0 fully saturated rings. The molecule has 0 unspecified atom stereocenters. The lowest BCUT2D eigenvalue weighted by Crippen LogP contribution is -2.39. The smallest absolute Gasteiger partial charge is 0.261 e. The second-order valence-corrected chi connectivity index (χ2v) is 6.05. The van der Waals surface area contributed by atoms with Crippen molar-refractivity contribution in [2.45, 2.75) is 39.3 Å². The maximum absolute atomic E-state index is 12.4. The summed E-state index contributed by atoms with van der Waals surface area (Å²) < 4.78 is 5.77. The van der Waals surface area contributed by atoms with Crippen LogP contribution >= 0.6 is 11.6 Å². The molecule has 0 radical (unpaired) electrons. The predicted octanol–water partition coefficient (Wildman–Crippen LogP) is 4.68. The molecule has 0 saturated heterocycles. The molecule has 122 valence electrons. The van der Waals surface area contributed by atoms with Gasteiger partial charge in [-0.2, -0.15) is 0 Å². The predicted molar refractivity (Wildman–Crippen MR) is 93.9 cm³/mol. The lowest BCUT2D eigenvalue weighted by atomic mass is 10.1. The van der Waals surface area contributed by atoms with Gasteiger partial charge in [-0.25, -0.2) is 0 Å². The molecule has 0 spiro atoms. The second-order valence-electron chi connectivity index (χ2n) is 5.61. The van der Waals surface area contributed by atoms with Crippen molar-refractivity contribution in [2.24, 2.45) is 0 Å². The first-order chi connectivity index (χ1) is 11.0. The highest BCUT2D eigenvalue weighted by Gasteiger charge is 2.20. The zero-order valence-electron chi connectivity index (χ0n) is 13.7. The Morgan fingerprint density at radius 3 is 2.52 bits per heavy atom. The van der Waals surface area contributed by atoms with Crippen LogP contribution in [0.15, 0.2) is 48.5 Å². The quantitative estimate of drug-likeness (QED) is 0.834. The normalized spacial score (nSPS) is 13.2. The first-order valence-corrected chi connectivity index (χ1v) is 8.16. The van der Waals surface area contributed by atoms with E-state index < -0.39 is 6.10 Å². The lowest BCUT2D eigenvalue weighted by molar-refractivity contribution is -0.128. The molecular formula is C19H22ClNO2. The molecule has 2 atom stereocenters. The van der Waals surface area contributed by atoms with Gasteiger partial charge < -0.3 is 10.1 Å². The van der Waals surface area contributed by atoms with Crippen LogP contribution in [0.4, 0.5) is 0 Å². The maximum Gasteiger partial charge on any atom is 0.261 e. The molecule has 3 nitrogen and oxygen atoms in total. The first-order valence-electron chi connectivity index (χ1n) is 7.78. The van der Waals surface area contributed by atoms with Crippen LogP contribution in [0.1, 0.15) is 37.4 Å². The molecule has 0 aliphatic rings. The fourth-order valence-electron chi connectivity index (χ4n) is 2.27. The topological polar surface area (TPSA) is 38.3 Å². The van der Waals surface area contributed by atoms with Gasteiger partial charge in [0.25, 0.3) is 5.91 Å². The van der Waals surface area contributed by atoms with E-state index in [0.717, 1.165) is 5.56 Å². The van der Waals surface area contributed by atoms with Gasteiger partial charge in [-0.1, -0.05) is 54.4 Å². The highest BCUT2D eigenvalue weighted by atomic mass is 35.5. The van der Waals surface area contributed by atoms with Crippen LogP contribution in [0.5, 0.6) is 5.75 Å². The Labute approximate surface area is 142 Å². The van der Waals surface area contributed by atoms with Crippen molar-refractivity contribution in [3.63, 3.8) is 0 Å². The number of ether oxygens (including phenoxy) is 1. The van der Waals surface area contributed by atoms with Crippen molar-refractivity contribution < 1.29 is 9.53 Å². The molecule has 4 heteroatoms. The largest absolute Gasteiger partial charge is 0.481 e. The Hall–Kier alpha value is -2.00. The van der Waals surface area contributed by atoms with Crippen LogP contribution in [-0.4, -0.2) is 12.0 Å². The Bertz CT molecular complexity index is 655. The van der Waals surface area contributed by atoms with Gasteiger partial charge in [0.2, 0.25) is 0 Å². The van der Waals surface area contributed by atoms with Gasteiger partial charge in [0.15, 0.2) is 6.10 Å². The number of amides is 1. The van der Waals surface area contributed by atoms with Crippen molar-refractivity contribution in [3.8, 4) is 5.75 Å². The van der Waals surface area contributed by atoms with Crippen LogP contribution in [0.2, 0.25) is 5.02 Å². The van der Waals surface area contributed by atoms with Crippen molar-refractivity contribution in [2.75, 3.05) is 0 Å². The number of halogens is 1. The van der Waals surface area contributed by atoms with Crippen LogP contribution < -0.4 is 10.1 Å². The van der Waals surface area contributed by atoms with Crippen molar-refractivity contribution in [1.29, 1.82) is 0 Å². The summed E-state index contributed by atoms with van der Waals surface area (Å²) in [5.74, 6) is 0.475. The number of benzene rings is 2. The molecule has 0 heterocycles. The van der Waals surface area contributed by atoms with E-state index >= 15 is 0 Å². The average Bonchev–Trinajstić information content (AvgIpc) is 2.53. The van der Waals surface area contributed by atoms with Gasteiger partial charge >= 0.3 is 0 Å². The highest BCUT2D eigenvalue weighted by molar-refractivity contribution is 6.30. The van der Waals surface area contributed by atoms with Crippen LogP contribution in [0, 0.1) is 6.92 Å². The minimum atomic E-state index is -0.540. The zero-order chi connectivity index (χ0) is 16.8. The number of rotatable bonds is 6. The third-order valence-corrected chi connectivity index (χ3v) is 3.91. The molecule has 0 aliphatic heterocycles. The Morgan fingerprint density at radius 2 is 1.91 bits per heavy atom. The molecule has 2 rings (SSSR count). The minimum absolute atomic E-state index is 0.0693. The third-order valence-electron chi connectivity index (χ3n) is 3.67. The Kier molecular flexibility index (Phi) is 6.05. The van der Waals surface area contributed by atoms with E-state index in [9.17, 15) is 4.79 Å². The second kappa shape index (κ2) is 8.02. The molecule has 0 aromatic heterocycles. The van der Waals surface area contributed by atoms with Gasteiger partial charge in [0, 0.05) is 5.02 Å². The van der Waals surface area contributed by atoms with E-state index in [2.05, 4.69) is 5.32 Å². The van der Waals surface area contributed by atoms with Crippen LogP contribution in [-0.2, 0) is 4.79 Å². The maximum atomic E-state index is 12.4. The number of carbonyl (C=O) groups is 1. The fraction of sp³-hybridized carbons (Fsp3) is 0.316. The summed E-state index contributed by atoms with van der Waals surface area (Å²) in [7, 11) is 0. The summed E-state index contributed by atoms with van der Waals surface area (Å²) in [5.41, 5.74) is 2.27. The summed E-state index contributed by atoms with van der Waals surface area (Å²) in [6.45, 7) is 5.93. The highest BCUT2D eigenvalue weighted by Crippen LogP contribution is 2.20. The van der Waals surface area contributed by atoms with E-state index in [4.69, 9.17) is 16.3 Å². The van der Waals surface area contributed by atoms with Gasteiger partial charge in [0.1, 0.15) is 5.75 Å². The van der Waals surface area contributed by atoms with E-state index in [1.807, 2.05) is 45.0 Å². The number of hydrogen-bond donors (Lipinski definition) is 1. The average molecular weight is 332 g/mol. The molecule has 1 amide bonds. The zero-order valence-corrected chi connectivity index (χ0v) is 14.4.